The molecule has 1 aliphatic heterocycles. The van der Waals surface area contributed by atoms with Gasteiger partial charge >= 0.3 is 0 Å². The van der Waals surface area contributed by atoms with Gasteiger partial charge in [-0.1, -0.05) is 6.92 Å². The summed E-state index contributed by atoms with van der Waals surface area (Å²) in [6, 6.07) is 0. The molecule has 1 aromatic heterocycles. The molecule has 1 N–H and O–H groups in total. The Hall–Kier alpha value is -0.450. The molecule has 4 heteroatoms. The fraction of sp³-hybridized carbons (Fsp3) is 0.750. The van der Waals surface area contributed by atoms with Crippen molar-refractivity contribution < 1.29 is 4.74 Å². The molecule has 0 atom stereocenters. The van der Waals surface area contributed by atoms with Crippen LogP contribution < -0.4 is 5.32 Å². The highest BCUT2D eigenvalue weighted by Gasteiger charge is 2.26. The molecular weight excluding hydrogens is 220 g/mol. The van der Waals surface area contributed by atoms with Gasteiger partial charge in [0.15, 0.2) is 0 Å². The van der Waals surface area contributed by atoms with E-state index in [1.54, 1.807) is 11.3 Å². The van der Waals surface area contributed by atoms with E-state index in [0.29, 0.717) is 5.41 Å². The van der Waals surface area contributed by atoms with Gasteiger partial charge in [-0.25, -0.2) is 4.98 Å². The van der Waals surface area contributed by atoms with Crippen LogP contribution in [0.1, 0.15) is 30.5 Å². The summed E-state index contributed by atoms with van der Waals surface area (Å²) in [4.78, 5) is 4.45. The third-order valence-corrected chi connectivity index (χ3v) is 4.05. The largest absolute Gasteiger partial charge is 0.381 e. The Morgan fingerprint density at radius 3 is 2.88 bits per heavy atom. The van der Waals surface area contributed by atoms with Crippen molar-refractivity contribution in [3.8, 4) is 0 Å². The number of rotatable bonds is 4. The number of hydrogen-bond acceptors (Lipinski definition) is 4. The number of nitrogens with one attached hydrogen (secondary N) is 1. The van der Waals surface area contributed by atoms with E-state index in [1.807, 2.05) is 6.92 Å². The molecule has 0 aliphatic carbocycles. The molecule has 3 nitrogen and oxygen atoms in total. The van der Waals surface area contributed by atoms with Gasteiger partial charge < -0.3 is 10.1 Å². The monoisotopic (exact) mass is 240 g/mol. The molecule has 90 valence electrons. The van der Waals surface area contributed by atoms with Crippen LogP contribution in [0.25, 0.3) is 0 Å². The quantitative estimate of drug-likeness (QED) is 0.877. The molecule has 0 bridgehead atoms. The lowest BCUT2D eigenvalue weighted by Crippen LogP contribution is -2.36. The second kappa shape index (κ2) is 5.25. The lowest BCUT2D eigenvalue weighted by Gasteiger charge is -2.33. The van der Waals surface area contributed by atoms with Crippen LogP contribution >= 0.6 is 11.3 Å². The summed E-state index contributed by atoms with van der Waals surface area (Å²) in [6.07, 6.45) is 2.33. The number of hydrogen-bond donors (Lipinski definition) is 1. The molecule has 1 aliphatic rings. The van der Waals surface area contributed by atoms with Crippen molar-refractivity contribution in [1.82, 2.24) is 10.3 Å². The molecule has 0 aromatic carbocycles. The van der Waals surface area contributed by atoms with Crippen molar-refractivity contribution in [3.63, 3.8) is 0 Å². The normalized spacial score (nSPS) is 19.9. The molecule has 0 unspecified atom stereocenters. The van der Waals surface area contributed by atoms with Gasteiger partial charge in [0.1, 0.15) is 0 Å². The Kier molecular flexibility index (Phi) is 3.95. The summed E-state index contributed by atoms with van der Waals surface area (Å²) in [7, 11) is 0. The number of aromatic nitrogens is 1. The van der Waals surface area contributed by atoms with Crippen LogP contribution in [-0.2, 0) is 11.3 Å². The molecule has 2 heterocycles. The topological polar surface area (TPSA) is 34.2 Å². The van der Waals surface area contributed by atoms with Crippen LogP contribution in [0.2, 0.25) is 0 Å². The van der Waals surface area contributed by atoms with Gasteiger partial charge in [-0.3, -0.25) is 0 Å². The van der Waals surface area contributed by atoms with E-state index in [2.05, 4.69) is 22.6 Å². The minimum absolute atomic E-state index is 0.406. The Balaban J connectivity index is 1.74. The van der Waals surface area contributed by atoms with Crippen molar-refractivity contribution >= 4 is 11.3 Å². The van der Waals surface area contributed by atoms with Crippen molar-refractivity contribution in [1.29, 1.82) is 0 Å². The third kappa shape index (κ3) is 3.27. The minimum atomic E-state index is 0.406. The first kappa shape index (κ1) is 12.0. The first-order valence-corrected chi connectivity index (χ1v) is 6.75. The summed E-state index contributed by atoms with van der Waals surface area (Å²) in [5.41, 5.74) is 1.57. The number of aryl methyl sites for hydroxylation is 1. The number of thiazole rings is 1. The smallest absolute Gasteiger partial charge is 0.0897 e. The first-order chi connectivity index (χ1) is 7.68. The standard InChI is InChI=1S/C12H20N2OS/c1-10-14-11(8-16-10)7-13-9-12(2)3-5-15-6-4-12/h8,13H,3-7,9H2,1-2H3. The van der Waals surface area contributed by atoms with Gasteiger partial charge in [0.25, 0.3) is 0 Å². The van der Waals surface area contributed by atoms with Gasteiger partial charge in [-0.15, -0.1) is 11.3 Å². The highest BCUT2D eigenvalue weighted by atomic mass is 32.1. The fourth-order valence-corrected chi connectivity index (χ4v) is 2.64. The molecule has 16 heavy (non-hydrogen) atoms. The zero-order valence-corrected chi connectivity index (χ0v) is 10.9. The molecule has 2 rings (SSSR count). The van der Waals surface area contributed by atoms with E-state index in [9.17, 15) is 0 Å². The van der Waals surface area contributed by atoms with Gasteiger partial charge in [0.05, 0.1) is 10.7 Å². The summed E-state index contributed by atoms with van der Waals surface area (Å²) >= 11 is 1.72. The van der Waals surface area contributed by atoms with Crippen LogP contribution in [0.15, 0.2) is 5.38 Å². The summed E-state index contributed by atoms with van der Waals surface area (Å²) in [5.74, 6) is 0. The van der Waals surface area contributed by atoms with Crippen molar-refractivity contribution in [2.24, 2.45) is 5.41 Å². The molecule has 1 fully saturated rings. The van der Waals surface area contributed by atoms with E-state index >= 15 is 0 Å². The molecule has 1 aromatic rings. The van der Waals surface area contributed by atoms with Crippen molar-refractivity contribution in [2.75, 3.05) is 19.8 Å². The fourth-order valence-electron chi connectivity index (χ4n) is 2.02. The van der Waals surface area contributed by atoms with E-state index in [0.717, 1.165) is 49.8 Å². The summed E-state index contributed by atoms with van der Waals surface area (Å²) in [6.45, 7) is 8.17. The number of ether oxygens (including phenoxy) is 1. The van der Waals surface area contributed by atoms with Crippen LogP contribution in [0.3, 0.4) is 0 Å². The Morgan fingerprint density at radius 1 is 1.50 bits per heavy atom. The van der Waals surface area contributed by atoms with Crippen molar-refractivity contribution in [2.45, 2.75) is 33.2 Å². The minimum Gasteiger partial charge on any atom is -0.381 e. The van der Waals surface area contributed by atoms with Crippen LogP contribution in [0.5, 0.6) is 0 Å². The SMILES string of the molecule is Cc1nc(CNCC2(C)CCOCC2)cs1. The zero-order chi connectivity index (χ0) is 11.4. The maximum absolute atomic E-state index is 5.39. The van der Waals surface area contributed by atoms with Crippen LogP contribution in [0, 0.1) is 12.3 Å². The van der Waals surface area contributed by atoms with Crippen molar-refractivity contribution in [3.05, 3.63) is 16.1 Å². The summed E-state index contributed by atoms with van der Waals surface area (Å²) < 4.78 is 5.39. The van der Waals surface area contributed by atoms with Gasteiger partial charge in [-0.05, 0) is 25.2 Å². The molecule has 0 saturated carbocycles. The number of nitrogens with zero attached hydrogens (tertiary/aromatic N) is 1. The molecule has 0 spiro atoms. The van der Waals surface area contributed by atoms with E-state index in [4.69, 9.17) is 4.74 Å². The van der Waals surface area contributed by atoms with Gasteiger partial charge in [0, 0.05) is 31.7 Å². The molecular formula is C12H20N2OS. The van der Waals surface area contributed by atoms with E-state index < -0.39 is 0 Å². The van der Waals surface area contributed by atoms with E-state index in [-0.39, 0.29) is 0 Å². The Labute approximate surface area is 101 Å². The van der Waals surface area contributed by atoms with Crippen LogP contribution in [-0.4, -0.2) is 24.7 Å². The highest BCUT2D eigenvalue weighted by Crippen LogP contribution is 2.28. The Morgan fingerprint density at radius 2 is 2.25 bits per heavy atom. The predicted molar refractivity (Wildman–Crippen MR) is 66.7 cm³/mol. The first-order valence-electron chi connectivity index (χ1n) is 5.87. The van der Waals surface area contributed by atoms with E-state index in [1.165, 1.54) is 0 Å². The van der Waals surface area contributed by atoms with Crippen LogP contribution in [0.4, 0.5) is 0 Å². The highest BCUT2D eigenvalue weighted by molar-refractivity contribution is 7.09. The molecule has 0 radical (unpaired) electrons. The second-order valence-corrected chi connectivity index (χ2v) is 5.95. The lowest BCUT2D eigenvalue weighted by atomic mass is 9.82. The third-order valence-electron chi connectivity index (χ3n) is 3.22. The maximum Gasteiger partial charge on any atom is 0.0897 e. The summed E-state index contributed by atoms with van der Waals surface area (Å²) in [5, 5.41) is 6.79. The Bertz CT molecular complexity index is 332. The molecule has 0 amide bonds. The zero-order valence-electron chi connectivity index (χ0n) is 10.1. The molecule has 1 saturated heterocycles. The second-order valence-electron chi connectivity index (χ2n) is 4.88. The average molecular weight is 240 g/mol. The lowest BCUT2D eigenvalue weighted by molar-refractivity contribution is 0.0240. The van der Waals surface area contributed by atoms with Gasteiger partial charge in [0.2, 0.25) is 0 Å². The average Bonchev–Trinajstić information content (AvgIpc) is 2.65. The van der Waals surface area contributed by atoms with Gasteiger partial charge in [-0.2, -0.15) is 0 Å². The maximum atomic E-state index is 5.39. The predicted octanol–water partition coefficient (Wildman–Crippen LogP) is 2.36.